The number of nitrogens with zero attached hydrogens (tertiary/aromatic N) is 2. The van der Waals surface area contributed by atoms with Crippen molar-refractivity contribution in [3.63, 3.8) is 0 Å². The van der Waals surface area contributed by atoms with Crippen molar-refractivity contribution in [2.75, 3.05) is 39.5 Å². The predicted octanol–water partition coefficient (Wildman–Crippen LogP) is 1.20. The molecule has 0 spiro atoms. The van der Waals surface area contributed by atoms with Crippen LogP contribution < -0.4 is 0 Å². The van der Waals surface area contributed by atoms with Gasteiger partial charge in [0.25, 0.3) is 0 Å². The molecule has 0 N–H and O–H groups in total. The number of hydrogen-bond donors (Lipinski definition) is 0. The van der Waals surface area contributed by atoms with Crippen molar-refractivity contribution in [2.45, 2.75) is 12.8 Å². The van der Waals surface area contributed by atoms with Gasteiger partial charge >= 0.3 is 0 Å². The van der Waals surface area contributed by atoms with Crippen LogP contribution in [0.15, 0.2) is 9.98 Å². The molecule has 0 aromatic carbocycles. The van der Waals surface area contributed by atoms with E-state index in [2.05, 4.69) is 9.98 Å². The summed E-state index contributed by atoms with van der Waals surface area (Å²) in [7, 11) is 0. The third-order valence-corrected chi connectivity index (χ3v) is 2.92. The summed E-state index contributed by atoms with van der Waals surface area (Å²) in [6, 6.07) is 0. The molecule has 2 atom stereocenters. The Morgan fingerprint density at radius 2 is 1.38 bits per heavy atom. The molecule has 2 aliphatic rings. The van der Waals surface area contributed by atoms with Gasteiger partial charge in [-0.1, -0.05) is 0 Å². The van der Waals surface area contributed by atoms with Crippen molar-refractivity contribution < 1.29 is 9.47 Å². The summed E-state index contributed by atoms with van der Waals surface area (Å²) in [6.45, 7) is 5.03. The average molecular weight is 224 g/mol. The molecule has 0 saturated carbocycles. The molecule has 2 unspecified atom stereocenters. The van der Waals surface area contributed by atoms with E-state index in [1.165, 1.54) is 0 Å². The van der Waals surface area contributed by atoms with Gasteiger partial charge in [-0.25, -0.2) is 0 Å². The third kappa shape index (κ3) is 4.02. The van der Waals surface area contributed by atoms with Gasteiger partial charge in [0.15, 0.2) is 0 Å². The monoisotopic (exact) mass is 224 g/mol. The smallest absolute Gasteiger partial charge is 0.0581 e. The second-order valence-electron chi connectivity index (χ2n) is 4.36. The molecule has 90 valence electrons. The molecular weight excluding hydrogens is 204 g/mol. The van der Waals surface area contributed by atoms with Crippen LogP contribution in [0.2, 0.25) is 0 Å². The minimum atomic E-state index is 0.534. The van der Waals surface area contributed by atoms with Gasteiger partial charge in [0.05, 0.1) is 26.3 Å². The highest BCUT2D eigenvalue weighted by Gasteiger charge is 2.13. The minimum absolute atomic E-state index is 0.534. The van der Waals surface area contributed by atoms with Crippen molar-refractivity contribution in [1.82, 2.24) is 0 Å². The van der Waals surface area contributed by atoms with Crippen molar-refractivity contribution in [1.29, 1.82) is 0 Å². The van der Waals surface area contributed by atoms with E-state index in [9.17, 15) is 0 Å². The largest absolute Gasteiger partial charge is 0.381 e. The highest BCUT2D eigenvalue weighted by Crippen LogP contribution is 2.10. The van der Waals surface area contributed by atoms with Gasteiger partial charge in [-0.3, -0.25) is 9.98 Å². The molecule has 0 aromatic rings. The summed E-state index contributed by atoms with van der Waals surface area (Å²) in [5, 5.41) is 0. The van der Waals surface area contributed by atoms with Gasteiger partial charge in [-0.05, 0) is 12.8 Å². The summed E-state index contributed by atoms with van der Waals surface area (Å²) in [5.74, 6) is 1.07. The maximum Gasteiger partial charge on any atom is 0.0581 e. The molecule has 4 nitrogen and oxygen atoms in total. The van der Waals surface area contributed by atoms with Gasteiger partial charge in [0.1, 0.15) is 0 Å². The number of hydrogen-bond acceptors (Lipinski definition) is 4. The highest BCUT2D eigenvalue weighted by atomic mass is 16.5. The van der Waals surface area contributed by atoms with E-state index in [-0.39, 0.29) is 0 Å². The molecule has 2 rings (SSSR count). The van der Waals surface area contributed by atoms with Gasteiger partial charge < -0.3 is 9.47 Å². The molecular formula is C12H20N2O2. The fraction of sp³-hybridized carbons (Fsp3) is 0.833. The van der Waals surface area contributed by atoms with Crippen LogP contribution in [0.4, 0.5) is 0 Å². The molecule has 0 amide bonds. The van der Waals surface area contributed by atoms with Crippen LogP contribution in [0.5, 0.6) is 0 Å². The van der Waals surface area contributed by atoms with Gasteiger partial charge in [-0.15, -0.1) is 0 Å². The molecule has 0 aliphatic carbocycles. The second-order valence-corrected chi connectivity index (χ2v) is 4.36. The Morgan fingerprint density at radius 3 is 1.75 bits per heavy atom. The lowest BCUT2D eigenvalue weighted by atomic mass is 10.1. The fourth-order valence-electron chi connectivity index (χ4n) is 1.90. The van der Waals surface area contributed by atoms with Crippen LogP contribution in [-0.4, -0.2) is 51.9 Å². The van der Waals surface area contributed by atoms with E-state index in [4.69, 9.17) is 9.47 Å². The Labute approximate surface area is 96.8 Å². The van der Waals surface area contributed by atoms with Crippen LogP contribution in [-0.2, 0) is 9.47 Å². The second kappa shape index (κ2) is 6.76. The number of rotatable bonds is 5. The minimum Gasteiger partial charge on any atom is -0.381 e. The summed E-state index contributed by atoms with van der Waals surface area (Å²) in [4.78, 5) is 8.73. The molecule has 16 heavy (non-hydrogen) atoms. The van der Waals surface area contributed by atoms with Gasteiger partial charge in [0.2, 0.25) is 0 Å². The lowest BCUT2D eigenvalue weighted by molar-refractivity contribution is 0.193. The Bertz CT molecular complexity index is 215. The van der Waals surface area contributed by atoms with Crippen LogP contribution >= 0.6 is 0 Å². The standard InChI is InChI=1S/C12H20N2O2/c1-5-15-9-11(1)7-13-3-4-14-8-12-2-6-16-10-12/h7-8,11-12H,1-6,9-10H2. The van der Waals surface area contributed by atoms with Crippen LogP contribution in [0.3, 0.4) is 0 Å². The maximum atomic E-state index is 5.27. The molecule has 2 heterocycles. The number of ether oxygens (including phenoxy) is 2. The third-order valence-electron chi connectivity index (χ3n) is 2.92. The van der Waals surface area contributed by atoms with Crippen molar-refractivity contribution in [3.05, 3.63) is 0 Å². The summed E-state index contributed by atoms with van der Waals surface area (Å²) < 4.78 is 10.5. The average Bonchev–Trinajstić information content (AvgIpc) is 2.96. The number of aliphatic imine (C=N–C) groups is 2. The van der Waals surface area contributed by atoms with E-state index >= 15 is 0 Å². The summed E-state index contributed by atoms with van der Waals surface area (Å²) >= 11 is 0. The lowest BCUT2D eigenvalue weighted by Crippen LogP contribution is -2.03. The van der Waals surface area contributed by atoms with Gasteiger partial charge in [0, 0.05) is 37.5 Å². The first-order valence-corrected chi connectivity index (χ1v) is 6.10. The molecule has 0 bridgehead atoms. The first-order chi connectivity index (χ1) is 7.95. The van der Waals surface area contributed by atoms with Crippen molar-refractivity contribution in [2.24, 2.45) is 21.8 Å². The molecule has 0 radical (unpaired) electrons. The first-order valence-electron chi connectivity index (χ1n) is 6.10. The van der Waals surface area contributed by atoms with E-state index < -0.39 is 0 Å². The van der Waals surface area contributed by atoms with Crippen LogP contribution in [0.25, 0.3) is 0 Å². The Balaban J connectivity index is 1.53. The summed E-state index contributed by atoms with van der Waals surface area (Å²) in [5.41, 5.74) is 0. The lowest BCUT2D eigenvalue weighted by Gasteiger charge is -1.98. The zero-order valence-corrected chi connectivity index (χ0v) is 9.68. The van der Waals surface area contributed by atoms with Crippen LogP contribution in [0, 0.1) is 11.8 Å². The zero-order chi connectivity index (χ0) is 11.1. The van der Waals surface area contributed by atoms with E-state index in [1.54, 1.807) is 0 Å². The maximum absolute atomic E-state index is 5.27. The Morgan fingerprint density at radius 1 is 0.875 bits per heavy atom. The van der Waals surface area contributed by atoms with E-state index in [0.29, 0.717) is 11.8 Å². The normalized spacial score (nSPS) is 31.0. The van der Waals surface area contributed by atoms with E-state index in [0.717, 1.165) is 52.4 Å². The Kier molecular flexibility index (Phi) is 4.96. The summed E-state index contributed by atoms with van der Waals surface area (Å²) in [6.07, 6.45) is 6.29. The fourth-order valence-corrected chi connectivity index (χ4v) is 1.90. The van der Waals surface area contributed by atoms with Crippen molar-refractivity contribution >= 4 is 12.4 Å². The predicted molar refractivity (Wildman–Crippen MR) is 64.6 cm³/mol. The van der Waals surface area contributed by atoms with Crippen molar-refractivity contribution in [3.8, 4) is 0 Å². The quantitative estimate of drug-likeness (QED) is 0.520. The highest BCUT2D eigenvalue weighted by molar-refractivity contribution is 5.62. The van der Waals surface area contributed by atoms with Gasteiger partial charge in [-0.2, -0.15) is 0 Å². The molecule has 2 fully saturated rings. The van der Waals surface area contributed by atoms with E-state index in [1.807, 2.05) is 12.4 Å². The molecule has 4 heteroatoms. The van der Waals surface area contributed by atoms with Crippen LogP contribution in [0.1, 0.15) is 12.8 Å². The zero-order valence-electron chi connectivity index (χ0n) is 9.68. The molecule has 2 aliphatic heterocycles. The first kappa shape index (κ1) is 11.7. The molecule has 0 aromatic heterocycles. The Hall–Kier alpha value is -0.740. The topological polar surface area (TPSA) is 43.2 Å². The molecule has 2 saturated heterocycles. The SMILES string of the molecule is C(=NCCN=CC1CCOC1)C1CCOC1.